The minimum absolute atomic E-state index is 0.0764. The maximum atomic E-state index is 14.1. The molecule has 31 heavy (non-hydrogen) atoms. The van der Waals surface area contributed by atoms with Crippen LogP contribution in [-0.2, 0) is 11.3 Å². The van der Waals surface area contributed by atoms with Crippen molar-refractivity contribution >= 4 is 17.6 Å². The number of halogens is 2. The molecule has 0 aliphatic carbocycles. The monoisotopic (exact) mass is 431 g/mol. The van der Waals surface area contributed by atoms with Gasteiger partial charge in [0.2, 0.25) is 0 Å². The molecule has 2 aromatic rings. The number of ether oxygens (including phenoxy) is 1. The zero-order valence-corrected chi connectivity index (χ0v) is 17.4. The molecular weight excluding hydrogens is 404 g/mol. The van der Waals surface area contributed by atoms with Crippen LogP contribution in [0.25, 0.3) is 0 Å². The molecule has 1 heterocycles. The van der Waals surface area contributed by atoms with Crippen molar-refractivity contribution in [3.63, 3.8) is 0 Å². The van der Waals surface area contributed by atoms with E-state index < -0.39 is 17.5 Å². The Bertz CT molecular complexity index is 938. The van der Waals surface area contributed by atoms with Gasteiger partial charge in [0.1, 0.15) is 17.4 Å². The number of anilines is 1. The second kappa shape index (κ2) is 10.6. The van der Waals surface area contributed by atoms with Crippen LogP contribution in [-0.4, -0.2) is 44.1 Å². The topological polar surface area (TPSA) is 92.0 Å². The molecule has 1 saturated heterocycles. The number of benzene rings is 2. The van der Waals surface area contributed by atoms with Gasteiger partial charge in [0.25, 0.3) is 5.91 Å². The van der Waals surface area contributed by atoms with E-state index in [1.807, 2.05) is 30.0 Å². The molecule has 0 aromatic heterocycles. The number of hydrogen-bond donors (Lipinski definition) is 3. The van der Waals surface area contributed by atoms with Crippen LogP contribution in [0.15, 0.2) is 47.5 Å². The van der Waals surface area contributed by atoms with Gasteiger partial charge in [-0.2, -0.15) is 0 Å². The van der Waals surface area contributed by atoms with Gasteiger partial charge in [-0.3, -0.25) is 4.79 Å². The third kappa shape index (κ3) is 6.56. The molecule has 0 saturated carbocycles. The predicted molar refractivity (Wildman–Crippen MR) is 116 cm³/mol. The van der Waals surface area contributed by atoms with E-state index in [0.29, 0.717) is 43.6 Å². The highest BCUT2D eigenvalue weighted by molar-refractivity contribution is 5.80. The van der Waals surface area contributed by atoms with Crippen molar-refractivity contribution in [3.05, 3.63) is 59.7 Å². The first-order chi connectivity index (χ1) is 14.9. The second-order valence-corrected chi connectivity index (χ2v) is 7.27. The zero-order valence-electron chi connectivity index (χ0n) is 17.4. The Balaban J connectivity index is 1.60. The molecule has 1 fully saturated rings. The standard InChI is InChI=1S/C22H27F2N5O2/c1-2-26-22(27-12-15-4-3-5-18(10-15)31-14-21(25)30)28-17-8-9-29(13-17)20-7-6-16(23)11-19(20)24/h3-7,10-11,17H,2,8-9,12-14H2,1H3,(H2,25,30)(H2,26,27,28). The number of primary amides is 1. The largest absolute Gasteiger partial charge is 0.484 e. The molecular formula is C22H27F2N5O2. The summed E-state index contributed by atoms with van der Waals surface area (Å²) in [5, 5.41) is 6.59. The van der Waals surface area contributed by atoms with Crippen LogP contribution >= 0.6 is 0 Å². The first kappa shape index (κ1) is 22.3. The van der Waals surface area contributed by atoms with Crippen LogP contribution in [0.4, 0.5) is 14.5 Å². The van der Waals surface area contributed by atoms with E-state index in [2.05, 4.69) is 15.6 Å². The van der Waals surface area contributed by atoms with Crippen molar-refractivity contribution in [3.8, 4) is 5.75 Å². The number of amides is 1. The number of aliphatic imine (C=N–C) groups is 1. The van der Waals surface area contributed by atoms with Gasteiger partial charge in [-0.15, -0.1) is 0 Å². The van der Waals surface area contributed by atoms with Gasteiger partial charge < -0.3 is 26.0 Å². The van der Waals surface area contributed by atoms with Gasteiger partial charge in [-0.25, -0.2) is 13.8 Å². The lowest BCUT2D eigenvalue weighted by molar-refractivity contribution is -0.119. The molecule has 9 heteroatoms. The van der Waals surface area contributed by atoms with Crippen LogP contribution in [0.2, 0.25) is 0 Å². The van der Waals surface area contributed by atoms with E-state index in [9.17, 15) is 13.6 Å². The Kier molecular flexibility index (Phi) is 7.64. The molecule has 2 aromatic carbocycles. The number of nitrogens with zero attached hydrogens (tertiary/aromatic N) is 2. The zero-order chi connectivity index (χ0) is 22.2. The van der Waals surface area contributed by atoms with Crippen LogP contribution in [0.1, 0.15) is 18.9 Å². The lowest BCUT2D eigenvalue weighted by Crippen LogP contribution is -2.44. The van der Waals surface area contributed by atoms with Gasteiger partial charge in [0.05, 0.1) is 12.2 Å². The van der Waals surface area contributed by atoms with Crippen molar-refractivity contribution in [2.24, 2.45) is 10.7 Å². The first-order valence-electron chi connectivity index (χ1n) is 10.2. The van der Waals surface area contributed by atoms with Gasteiger partial charge in [0.15, 0.2) is 12.6 Å². The summed E-state index contributed by atoms with van der Waals surface area (Å²) in [7, 11) is 0. The van der Waals surface area contributed by atoms with Crippen LogP contribution in [0.5, 0.6) is 5.75 Å². The molecule has 0 bridgehead atoms. The highest BCUT2D eigenvalue weighted by atomic mass is 19.1. The highest BCUT2D eigenvalue weighted by Crippen LogP contribution is 2.24. The summed E-state index contributed by atoms with van der Waals surface area (Å²) in [6, 6.07) is 11.0. The van der Waals surface area contributed by atoms with Crippen LogP contribution in [0.3, 0.4) is 0 Å². The summed E-state index contributed by atoms with van der Waals surface area (Å²) in [6.45, 7) is 4.15. The van der Waals surface area contributed by atoms with Crippen LogP contribution in [0, 0.1) is 11.6 Å². The fourth-order valence-electron chi connectivity index (χ4n) is 3.41. The number of rotatable bonds is 8. The first-order valence-corrected chi connectivity index (χ1v) is 10.2. The molecule has 3 rings (SSSR count). The van der Waals surface area contributed by atoms with Crippen molar-refractivity contribution in [1.29, 1.82) is 0 Å². The van der Waals surface area contributed by atoms with E-state index in [0.717, 1.165) is 18.1 Å². The maximum Gasteiger partial charge on any atom is 0.255 e. The summed E-state index contributed by atoms with van der Waals surface area (Å²) in [6.07, 6.45) is 0.803. The third-order valence-electron chi connectivity index (χ3n) is 4.82. The lowest BCUT2D eigenvalue weighted by atomic mass is 10.2. The number of carbonyl (C=O) groups is 1. The van der Waals surface area contributed by atoms with Crippen LogP contribution < -0.4 is 26.0 Å². The smallest absolute Gasteiger partial charge is 0.255 e. The number of carbonyl (C=O) groups excluding carboxylic acids is 1. The predicted octanol–water partition coefficient (Wildman–Crippen LogP) is 2.16. The van der Waals surface area contributed by atoms with Crippen molar-refractivity contribution < 1.29 is 18.3 Å². The Labute approximate surface area is 180 Å². The molecule has 1 unspecified atom stereocenters. The van der Waals surface area contributed by atoms with Crippen molar-refractivity contribution in [1.82, 2.24) is 10.6 Å². The van der Waals surface area contributed by atoms with Crippen molar-refractivity contribution in [2.45, 2.75) is 25.9 Å². The highest BCUT2D eigenvalue weighted by Gasteiger charge is 2.25. The maximum absolute atomic E-state index is 14.1. The number of nitrogens with two attached hydrogens (primary N) is 1. The Morgan fingerprint density at radius 2 is 2.13 bits per heavy atom. The molecule has 0 spiro atoms. The number of hydrogen-bond acceptors (Lipinski definition) is 4. The molecule has 1 aliphatic heterocycles. The quantitative estimate of drug-likeness (QED) is 0.440. The summed E-state index contributed by atoms with van der Waals surface area (Å²) in [5.74, 6) is -0.469. The Morgan fingerprint density at radius 3 is 2.87 bits per heavy atom. The molecule has 1 amide bonds. The second-order valence-electron chi connectivity index (χ2n) is 7.27. The van der Waals surface area contributed by atoms with Crippen molar-refractivity contribution in [2.75, 3.05) is 31.1 Å². The molecule has 4 N–H and O–H groups in total. The van der Waals surface area contributed by atoms with E-state index in [-0.39, 0.29) is 12.6 Å². The van der Waals surface area contributed by atoms with Gasteiger partial charge in [-0.1, -0.05) is 12.1 Å². The van der Waals surface area contributed by atoms with E-state index in [4.69, 9.17) is 10.5 Å². The van der Waals surface area contributed by atoms with Gasteiger partial charge >= 0.3 is 0 Å². The summed E-state index contributed by atoms with van der Waals surface area (Å²) in [5.41, 5.74) is 6.43. The minimum atomic E-state index is -0.583. The van der Waals surface area contributed by atoms with Gasteiger partial charge in [0, 0.05) is 31.7 Å². The fourth-order valence-corrected chi connectivity index (χ4v) is 3.41. The molecule has 7 nitrogen and oxygen atoms in total. The van der Waals surface area contributed by atoms with E-state index in [1.165, 1.54) is 12.1 Å². The summed E-state index contributed by atoms with van der Waals surface area (Å²) >= 11 is 0. The summed E-state index contributed by atoms with van der Waals surface area (Å²) in [4.78, 5) is 17.4. The lowest BCUT2D eigenvalue weighted by Gasteiger charge is -2.21. The minimum Gasteiger partial charge on any atom is -0.484 e. The molecule has 1 atom stereocenters. The molecule has 1 aliphatic rings. The SMILES string of the molecule is CCNC(=NCc1cccc(OCC(N)=O)c1)NC1CCN(c2ccc(F)cc2F)C1. The van der Waals surface area contributed by atoms with Gasteiger partial charge in [-0.05, 0) is 43.2 Å². The summed E-state index contributed by atoms with van der Waals surface area (Å²) < 4.78 is 32.6. The third-order valence-corrected chi connectivity index (χ3v) is 4.82. The normalized spacial score (nSPS) is 16.3. The fraction of sp³-hybridized carbons (Fsp3) is 0.364. The molecule has 166 valence electrons. The average Bonchev–Trinajstić information content (AvgIpc) is 3.19. The average molecular weight is 431 g/mol. The Morgan fingerprint density at radius 1 is 1.29 bits per heavy atom. The Hall–Kier alpha value is -3.36. The number of nitrogens with one attached hydrogen (secondary N) is 2. The van der Waals surface area contributed by atoms with E-state index >= 15 is 0 Å². The van der Waals surface area contributed by atoms with E-state index in [1.54, 1.807) is 6.07 Å². The molecule has 0 radical (unpaired) electrons. The number of guanidine groups is 1.